The molecule has 0 aliphatic rings. The summed E-state index contributed by atoms with van der Waals surface area (Å²) >= 11 is 5.47. The van der Waals surface area contributed by atoms with E-state index in [9.17, 15) is 4.79 Å². The molecule has 0 saturated carbocycles. The molecule has 1 aromatic heterocycles. The van der Waals surface area contributed by atoms with Crippen LogP contribution in [0.5, 0.6) is 0 Å². The normalized spacial score (nSPS) is 10.9. The number of aromatic amines is 1. The third kappa shape index (κ3) is 4.56. The molecule has 0 aliphatic heterocycles. The van der Waals surface area contributed by atoms with Gasteiger partial charge in [-0.25, -0.2) is 0 Å². The second kappa shape index (κ2) is 6.26. The minimum absolute atomic E-state index is 0. The number of alkyl halides is 1. The van der Waals surface area contributed by atoms with Crippen LogP contribution in [0.1, 0.15) is 32.2 Å². The van der Waals surface area contributed by atoms with Gasteiger partial charge in [-0.3, -0.25) is 9.89 Å². The van der Waals surface area contributed by atoms with Crippen molar-refractivity contribution in [2.24, 2.45) is 0 Å². The van der Waals surface area contributed by atoms with Crippen LogP contribution in [0.2, 0.25) is 0 Å². The van der Waals surface area contributed by atoms with E-state index in [4.69, 9.17) is 11.6 Å². The van der Waals surface area contributed by atoms with E-state index in [0.717, 1.165) is 11.4 Å². The van der Waals surface area contributed by atoms with Crippen LogP contribution >= 0.6 is 24.0 Å². The maximum atomic E-state index is 11.3. The first-order valence-electron chi connectivity index (χ1n) is 5.19. The van der Waals surface area contributed by atoms with E-state index in [0.29, 0.717) is 6.54 Å². The predicted molar refractivity (Wildman–Crippen MR) is 71.7 cm³/mol. The summed E-state index contributed by atoms with van der Waals surface area (Å²) in [5.74, 6) is -0.0786. The Labute approximate surface area is 113 Å². The zero-order valence-electron chi connectivity index (χ0n) is 10.6. The van der Waals surface area contributed by atoms with Crippen LogP contribution in [0.4, 0.5) is 0 Å². The summed E-state index contributed by atoms with van der Waals surface area (Å²) in [6.07, 6.45) is 0. The van der Waals surface area contributed by atoms with Gasteiger partial charge in [-0.2, -0.15) is 5.10 Å². The Morgan fingerprint density at radius 3 is 2.53 bits per heavy atom. The van der Waals surface area contributed by atoms with Crippen LogP contribution in [0.25, 0.3) is 0 Å². The van der Waals surface area contributed by atoms with Gasteiger partial charge in [-0.15, -0.1) is 24.0 Å². The third-order valence-corrected chi connectivity index (χ3v) is 2.58. The lowest BCUT2D eigenvalue weighted by atomic mass is 9.92. The van der Waals surface area contributed by atoms with Crippen LogP contribution in [-0.4, -0.2) is 33.9 Å². The molecule has 0 unspecified atom stereocenters. The fourth-order valence-corrected chi connectivity index (χ4v) is 1.48. The van der Waals surface area contributed by atoms with Crippen molar-refractivity contribution < 1.29 is 4.79 Å². The smallest absolute Gasteiger partial charge is 0.237 e. The molecule has 0 fully saturated rings. The lowest BCUT2D eigenvalue weighted by Crippen LogP contribution is -2.27. The third-order valence-electron chi connectivity index (χ3n) is 2.35. The highest BCUT2D eigenvalue weighted by atomic mass is 35.5. The van der Waals surface area contributed by atoms with Crippen molar-refractivity contribution in [3.05, 3.63) is 17.5 Å². The number of carbonyl (C=O) groups is 1. The molecule has 98 valence electrons. The summed E-state index contributed by atoms with van der Waals surface area (Å²) in [7, 11) is 1.72. The van der Waals surface area contributed by atoms with E-state index < -0.39 is 0 Å². The maximum absolute atomic E-state index is 11.3. The lowest BCUT2D eigenvalue weighted by molar-refractivity contribution is -0.127. The first kappa shape index (κ1) is 16.3. The molecule has 1 heterocycles. The highest BCUT2D eigenvalue weighted by Crippen LogP contribution is 2.20. The quantitative estimate of drug-likeness (QED) is 0.864. The first-order valence-corrected chi connectivity index (χ1v) is 5.72. The van der Waals surface area contributed by atoms with Crippen LogP contribution in [-0.2, 0) is 16.8 Å². The summed E-state index contributed by atoms with van der Waals surface area (Å²) in [5.41, 5.74) is 1.93. The highest BCUT2D eigenvalue weighted by molar-refractivity contribution is 6.27. The van der Waals surface area contributed by atoms with E-state index in [1.54, 1.807) is 11.9 Å². The topological polar surface area (TPSA) is 49.0 Å². The number of amides is 1. The van der Waals surface area contributed by atoms with Gasteiger partial charge in [0, 0.05) is 12.5 Å². The van der Waals surface area contributed by atoms with E-state index in [-0.39, 0.29) is 29.6 Å². The van der Waals surface area contributed by atoms with Crippen LogP contribution in [0.15, 0.2) is 6.07 Å². The van der Waals surface area contributed by atoms with Crippen molar-refractivity contribution >= 4 is 29.9 Å². The average molecular weight is 280 g/mol. The molecule has 0 atom stereocenters. The zero-order valence-corrected chi connectivity index (χ0v) is 12.2. The van der Waals surface area contributed by atoms with Crippen molar-refractivity contribution in [2.45, 2.75) is 32.7 Å². The van der Waals surface area contributed by atoms with Gasteiger partial charge in [0.25, 0.3) is 0 Å². The molecule has 6 heteroatoms. The second-order valence-corrected chi connectivity index (χ2v) is 5.18. The minimum atomic E-state index is -0.0893. The Bertz CT molecular complexity index is 371. The van der Waals surface area contributed by atoms with Crippen molar-refractivity contribution in [1.29, 1.82) is 0 Å². The number of nitrogens with one attached hydrogen (secondary N) is 1. The van der Waals surface area contributed by atoms with Crippen molar-refractivity contribution in [1.82, 2.24) is 15.1 Å². The molecule has 0 spiro atoms. The number of hydrogen-bond donors (Lipinski definition) is 1. The van der Waals surface area contributed by atoms with Crippen LogP contribution in [0, 0.1) is 0 Å². The molecule has 1 aromatic rings. The molecule has 0 saturated heterocycles. The van der Waals surface area contributed by atoms with E-state index >= 15 is 0 Å². The van der Waals surface area contributed by atoms with Gasteiger partial charge < -0.3 is 4.90 Å². The van der Waals surface area contributed by atoms with Gasteiger partial charge in [-0.1, -0.05) is 20.8 Å². The Balaban J connectivity index is 0.00000256. The summed E-state index contributed by atoms with van der Waals surface area (Å²) in [6.45, 7) is 6.80. The predicted octanol–water partition coefficient (Wildman–Crippen LogP) is 2.33. The molecule has 1 rings (SSSR count). The number of halogens is 2. The van der Waals surface area contributed by atoms with Gasteiger partial charge in [0.15, 0.2) is 0 Å². The lowest BCUT2D eigenvalue weighted by Gasteiger charge is -2.15. The molecule has 0 aromatic carbocycles. The number of rotatable bonds is 3. The molecular formula is C11H19Cl2N3O. The first-order chi connectivity index (χ1) is 7.34. The fourth-order valence-electron chi connectivity index (χ4n) is 1.27. The molecule has 0 aliphatic carbocycles. The van der Waals surface area contributed by atoms with Crippen LogP contribution in [0.3, 0.4) is 0 Å². The summed E-state index contributed by atoms with van der Waals surface area (Å²) in [5, 5.41) is 7.16. The minimum Gasteiger partial charge on any atom is -0.339 e. The number of aromatic nitrogens is 2. The molecule has 1 amide bonds. The zero-order chi connectivity index (χ0) is 12.3. The summed E-state index contributed by atoms with van der Waals surface area (Å²) in [4.78, 5) is 12.9. The van der Waals surface area contributed by atoms with Gasteiger partial charge in [0.2, 0.25) is 5.91 Å². The molecule has 1 N–H and O–H groups in total. The Kier molecular flexibility index (Phi) is 5.99. The number of hydrogen-bond acceptors (Lipinski definition) is 2. The Hall–Kier alpha value is -0.740. The highest BCUT2D eigenvalue weighted by Gasteiger charge is 2.18. The number of carbonyl (C=O) groups excluding carboxylic acids is 1. The van der Waals surface area contributed by atoms with E-state index in [1.165, 1.54) is 0 Å². The number of nitrogens with zero attached hydrogens (tertiary/aromatic N) is 2. The van der Waals surface area contributed by atoms with Gasteiger partial charge in [0.1, 0.15) is 5.88 Å². The average Bonchev–Trinajstić information content (AvgIpc) is 2.64. The SMILES string of the molecule is CN(Cc1cc(C(C)(C)C)n[nH]1)C(=O)CCl.Cl. The standard InChI is InChI=1S/C11H18ClN3O.ClH/c1-11(2,3)9-5-8(13-14-9)7-15(4)10(16)6-12;/h5H,6-7H2,1-4H3,(H,13,14);1H. The molecule has 0 bridgehead atoms. The van der Waals surface area contributed by atoms with Crippen LogP contribution < -0.4 is 0 Å². The summed E-state index contributed by atoms with van der Waals surface area (Å²) in [6, 6.07) is 1.98. The molecular weight excluding hydrogens is 261 g/mol. The molecule has 17 heavy (non-hydrogen) atoms. The van der Waals surface area contributed by atoms with Crippen molar-refractivity contribution in [3.63, 3.8) is 0 Å². The fraction of sp³-hybridized carbons (Fsp3) is 0.636. The molecule has 0 radical (unpaired) electrons. The number of H-pyrrole nitrogens is 1. The van der Waals surface area contributed by atoms with Gasteiger partial charge in [0.05, 0.1) is 17.9 Å². The molecule has 4 nitrogen and oxygen atoms in total. The van der Waals surface area contributed by atoms with Crippen molar-refractivity contribution in [3.8, 4) is 0 Å². The summed E-state index contributed by atoms with van der Waals surface area (Å²) < 4.78 is 0. The van der Waals surface area contributed by atoms with Gasteiger partial charge in [-0.05, 0) is 6.07 Å². The monoisotopic (exact) mass is 279 g/mol. The largest absolute Gasteiger partial charge is 0.339 e. The Morgan fingerprint density at radius 1 is 1.53 bits per heavy atom. The maximum Gasteiger partial charge on any atom is 0.237 e. The second-order valence-electron chi connectivity index (χ2n) is 4.91. The van der Waals surface area contributed by atoms with Crippen molar-refractivity contribution in [2.75, 3.05) is 12.9 Å². The van der Waals surface area contributed by atoms with E-state index in [2.05, 4.69) is 31.0 Å². The van der Waals surface area contributed by atoms with Gasteiger partial charge >= 0.3 is 0 Å². The van der Waals surface area contributed by atoms with E-state index in [1.807, 2.05) is 6.07 Å². The Morgan fingerprint density at radius 2 is 2.12 bits per heavy atom.